The van der Waals surface area contributed by atoms with Crippen molar-refractivity contribution in [3.05, 3.63) is 76.0 Å². The van der Waals surface area contributed by atoms with Gasteiger partial charge in [0.25, 0.3) is 5.91 Å². The Balaban J connectivity index is 1.46. The van der Waals surface area contributed by atoms with Crippen LogP contribution in [0.2, 0.25) is 0 Å². The highest BCUT2D eigenvalue weighted by atomic mass is 32.1. The molecule has 0 aliphatic carbocycles. The summed E-state index contributed by atoms with van der Waals surface area (Å²) < 4.78 is 5.22. The van der Waals surface area contributed by atoms with Gasteiger partial charge in [0, 0.05) is 29.9 Å². The van der Waals surface area contributed by atoms with Gasteiger partial charge < -0.3 is 15.0 Å². The van der Waals surface area contributed by atoms with Crippen LogP contribution in [0.5, 0.6) is 5.75 Å². The van der Waals surface area contributed by atoms with E-state index in [1.54, 1.807) is 23.3 Å². The number of carbonyl (C=O) groups excluding carboxylic acids is 2. The van der Waals surface area contributed by atoms with Crippen molar-refractivity contribution in [3.63, 3.8) is 0 Å². The summed E-state index contributed by atoms with van der Waals surface area (Å²) in [7, 11) is 1.66. The van der Waals surface area contributed by atoms with Crippen LogP contribution in [0.4, 0.5) is 0 Å². The second kappa shape index (κ2) is 9.35. The van der Waals surface area contributed by atoms with Crippen molar-refractivity contribution in [1.29, 1.82) is 0 Å². The number of thiophene rings is 1. The zero-order valence-electron chi connectivity index (χ0n) is 17.8. The smallest absolute Gasteiger partial charge is 0.254 e. The molecule has 3 aromatic rings. The third-order valence-electron chi connectivity index (χ3n) is 5.62. The first-order chi connectivity index (χ1) is 15.0. The first-order valence-corrected chi connectivity index (χ1v) is 11.3. The van der Waals surface area contributed by atoms with Gasteiger partial charge in [-0.15, -0.1) is 11.3 Å². The lowest BCUT2D eigenvalue weighted by molar-refractivity contribution is -0.124. The van der Waals surface area contributed by atoms with E-state index in [0.29, 0.717) is 31.6 Å². The zero-order chi connectivity index (χ0) is 21.8. The molecule has 1 aliphatic rings. The number of nitrogens with zero attached hydrogens (tertiary/aromatic N) is 1. The maximum absolute atomic E-state index is 12.9. The van der Waals surface area contributed by atoms with Crippen molar-refractivity contribution in [2.75, 3.05) is 26.7 Å². The molecule has 5 nitrogen and oxygen atoms in total. The summed E-state index contributed by atoms with van der Waals surface area (Å²) in [5.74, 6) is 0.575. The average Bonchev–Trinajstić information content (AvgIpc) is 3.15. The number of aryl methyl sites for hydroxylation is 1. The minimum Gasteiger partial charge on any atom is -0.497 e. The molecule has 0 bridgehead atoms. The lowest BCUT2D eigenvalue weighted by Gasteiger charge is -2.23. The van der Waals surface area contributed by atoms with Gasteiger partial charge in [0.1, 0.15) is 5.75 Å². The van der Waals surface area contributed by atoms with Gasteiger partial charge in [-0.1, -0.05) is 36.4 Å². The van der Waals surface area contributed by atoms with Crippen LogP contribution in [-0.4, -0.2) is 43.5 Å². The molecular formula is C25H26N2O3S. The number of benzene rings is 2. The molecule has 2 amide bonds. The molecule has 2 aromatic carbocycles. The van der Waals surface area contributed by atoms with Crippen molar-refractivity contribution >= 4 is 23.2 Å². The first-order valence-electron chi connectivity index (χ1n) is 10.4. The fraction of sp³-hybridized carbons (Fsp3) is 0.280. The highest BCUT2D eigenvalue weighted by molar-refractivity contribution is 7.10. The van der Waals surface area contributed by atoms with Crippen LogP contribution < -0.4 is 10.1 Å². The fourth-order valence-corrected chi connectivity index (χ4v) is 4.56. The van der Waals surface area contributed by atoms with E-state index in [2.05, 4.69) is 29.6 Å². The van der Waals surface area contributed by atoms with Crippen LogP contribution >= 0.6 is 11.3 Å². The summed E-state index contributed by atoms with van der Waals surface area (Å²) in [5, 5.41) is 4.86. The van der Waals surface area contributed by atoms with Crippen LogP contribution in [0.15, 0.2) is 60.0 Å². The first kappa shape index (κ1) is 21.1. The second-order valence-electron chi connectivity index (χ2n) is 7.81. The van der Waals surface area contributed by atoms with Gasteiger partial charge in [-0.25, -0.2) is 0 Å². The van der Waals surface area contributed by atoms with E-state index in [1.807, 2.05) is 42.6 Å². The fourth-order valence-electron chi connectivity index (χ4n) is 3.88. The van der Waals surface area contributed by atoms with E-state index in [9.17, 15) is 9.59 Å². The number of hydrogen-bond donors (Lipinski definition) is 1. The van der Waals surface area contributed by atoms with Crippen molar-refractivity contribution in [3.8, 4) is 16.9 Å². The van der Waals surface area contributed by atoms with Crippen molar-refractivity contribution in [2.45, 2.75) is 13.3 Å². The summed E-state index contributed by atoms with van der Waals surface area (Å²) >= 11 is 1.57. The van der Waals surface area contributed by atoms with Gasteiger partial charge in [0.2, 0.25) is 5.91 Å². The van der Waals surface area contributed by atoms with Gasteiger partial charge >= 0.3 is 0 Å². The van der Waals surface area contributed by atoms with Crippen LogP contribution in [0.1, 0.15) is 20.8 Å². The summed E-state index contributed by atoms with van der Waals surface area (Å²) in [5.41, 5.74) is 4.02. The molecular weight excluding hydrogens is 408 g/mol. The van der Waals surface area contributed by atoms with Crippen LogP contribution in [0, 0.1) is 12.8 Å². The van der Waals surface area contributed by atoms with Gasteiger partial charge in [-0.3, -0.25) is 9.59 Å². The normalized spacial score (nSPS) is 16.5. The molecule has 0 radical (unpaired) electrons. The Hall–Kier alpha value is -3.12. The van der Waals surface area contributed by atoms with Crippen LogP contribution in [-0.2, 0) is 11.2 Å². The summed E-state index contributed by atoms with van der Waals surface area (Å²) in [6, 6.07) is 18.1. The highest BCUT2D eigenvalue weighted by Gasteiger charge is 2.28. The lowest BCUT2D eigenvalue weighted by atomic mass is 9.96. The molecule has 1 N–H and O–H groups in total. The Morgan fingerprint density at radius 3 is 2.42 bits per heavy atom. The molecule has 0 spiro atoms. The van der Waals surface area contributed by atoms with E-state index in [4.69, 9.17) is 4.74 Å². The highest BCUT2D eigenvalue weighted by Crippen LogP contribution is 2.24. The number of ether oxygens (including phenoxy) is 1. The SMILES string of the molecule is COc1ccc(-c2ccc(CC3CN(C(=O)c4csc(C)c4)CCNC3=O)cc2)cc1. The molecule has 2 heterocycles. The third-order valence-corrected chi connectivity index (χ3v) is 6.48. The van der Waals surface area contributed by atoms with Crippen molar-refractivity contribution in [2.24, 2.45) is 5.92 Å². The number of rotatable bonds is 5. The Morgan fingerprint density at radius 2 is 1.81 bits per heavy atom. The summed E-state index contributed by atoms with van der Waals surface area (Å²) in [4.78, 5) is 28.4. The molecule has 4 rings (SSSR count). The second-order valence-corrected chi connectivity index (χ2v) is 8.93. The number of nitrogens with one attached hydrogen (secondary N) is 1. The maximum atomic E-state index is 12.9. The van der Waals surface area contributed by atoms with E-state index in [0.717, 1.165) is 27.3 Å². The number of hydrogen-bond acceptors (Lipinski definition) is 4. The minimum atomic E-state index is -0.266. The molecule has 31 heavy (non-hydrogen) atoms. The number of amides is 2. The molecule has 1 aromatic heterocycles. The predicted octanol–water partition coefficient (Wildman–Crippen LogP) is 4.16. The molecule has 1 aliphatic heterocycles. The molecule has 1 fully saturated rings. The van der Waals surface area contributed by atoms with E-state index < -0.39 is 0 Å². The van der Waals surface area contributed by atoms with Gasteiger partial charge in [-0.05, 0) is 48.2 Å². The van der Waals surface area contributed by atoms with Gasteiger partial charge in [0.05, 0.1) is 18.6 Å². The van der Waals surface area contributed by atoms with E-state index in [1.165, 1.54) is 0 Å². The Morgan fingerprint density at radius 1 is 1.13 bits per heavy atom. The monoisotopic (exact) mass is 434 g/mol. The van der Waals surface area contributed by atoms with Gasteiger partial charge in [0.15, 0.2) is 0 Å². The predicted molar refractivity (Wildman–Crippen MR) is 124 cm³/mol. The average molecular weight is 435 g/mol. The number of carbonyl (C=O) groups is 2. The molecule has 0 saturated carbocycles. The van der Waals surface area contributed by atoms with Gasteiger partial charge in [-0.2, -0.15) is 0 Å². The molecule has 6 heteroatoms. The van der Waals surface area contributed by atoms with Crippen molar-refractivity contribution < 1.29 is 14.3 Å². The van der Waals surface area contributed by atoms with E-state index >= 15 is 0 Å². The molecule has 1 atom stereocenters. The van der Waals surface area contributed by atoms with Crippen LogP contribution in [0.25, 0.3) is 11.1 Å². The summed E-state index contributed by atoms with van der Waals surface area (Å²) in [6.45, 7) is 3.44. The Labute approximate surface area is 186 Å². The zero-order valence-corrected chi connectivity index (χ0v) is 18.6. The summed E-state index contributed by atoms with van der Waals surface area (Å²) in [6.07, 6.45) is 0.598. The topological polar surface area (TPSA) is 58.6 Å². The van der Waals surface area contributed by atoms with E-state index in [-0.39, 0.29) is 17.7 Å². The standard InChI is InChI=1S/C25H26N2O3S/c1-17-13-22(16-31-17)25(29)27-12-11-26-24(28)21(15-27)14-18-3-5-19(6-4-18)20-7-9-23(30-2)10-8-20/h3-10,13,16,21H,11-12,14-15H2,1-2H3,(H,26,28). The lowest BCUT2D eigenvalue weighted by Crippen LogP contribution is -2.37. The Kier molecular flexibility index (Phi) is 6.37. The minimum absolute atomic E-state index is 0.000652. The third kappa shape index (κ3) is 4.97. The van der Waals surface area contributed by atoms with Crippen LogP contribution in [0.3, 0.4) is 0 Å². The molecule has 160 valence electrons. The maximum Gasteiger partial charge on any atom is 0.254 e. The molecule has 1 saturated heterocycles. The Bertz CT molecular complexity index is 1060. The number of methoxy groups -OCH3 is 1. The van der Waals surface area contributed by atoms with Crippen molar-refractivity contribution in [1.82, 2.24) is 10.2 Å². The quantitative estimate of drug-likeness (QED) is 0.656. The molecule has 1 unspecified atom stereocenters. The largest absolute Gasteiger partial charge is 0.497 e.